The predicted octanol–water partition coefficient (Wildman–Crippen LogP) is 1.79. The predicted molar refractivity (Wildman–Crippen MR) is 75.7 cm³/mol. The lowest BCUT2D eigenvalue weighted by Crippen LogP contribution is -2.48. The zero-order valence-corrected chi connectivity index (χ0v) is 11.9. The Morgan fingerprint density at radius 3 is 2.47 bits per heavy atom. The smallest absolute Gasteiger partial charge is 0.270 e. The number of carbonyl (C=O) groups is 1. The number of aryl methyl sites for hydroxylation is 1. The number of nitrogens with one attached hydrogen (secondary N) is 1. The van der Waals surface area contributed by atoms with Crippen molar-refractivity contribution in [3.8, 4) is 0 Å². The number of nitrogens with two attached hydrogens (primary N) is 1. The van der Waals surface area contributed by atoms with Crippen molar-refractivity contribution in [2.24, 2.45) is 5.73 Å². The zero-order chi connectivity index (χ0) is 13.9. The summed E-state index contributed by atoms with van der Waals surface area (Å²) in [5.74, 6) is -0.364. The molecular weight excluding hydrogens is 270 g/mol. The maximum atomic E-state index is 12.0. The summed E-state index contributed by atoms with van der Waals surface area (Å²) < 4.78 is 0. The van der Waals surface area contributed by atoms with Gasteiger partial charge in [-0.1, -0.05) is 0 Å². The van der Waals surface area contributed by atoms with Gasteiger partial charge >= 0.3 is 0 Å². The summed E-state index contributed by atoms with van der Waals surface area (Å²) in [5, 5.41) is 13.5. The minimum absolute atomic E-state index is 0. The highest BCUT2D eigenvalue weighted by Gasteiger charge is 2.20. The van der Waals surface area contributed by atoms with Crippen LogP contribution in [0.1, 0.15) is 29.8 Å². The highest BCUT2D eigenvalue weighted by atomic mass is 35.5. The van der Waals surface area contributed by atoms with Gasteiger partial charge in [0, 0.05) is 29.8 Å². The molecule has 0 saturated carbocycles. The first kappa shape index (κ1) is 17.3. The maximum Gasteiger partial charge on any atom is 0.270 e. The van der Waals surface area contributed by atoms with Crippen LogP contribution in [0.4, 0.5) is 5.69 Å². The van der Waals surface area contributed by atoms with E-state index >= 15 is 0 Å². The molecule has 0 fully saturated rings. The van der Waals surface area contributed by atoms with Crippen molar-refractivity contribution in [1.82, 2.24) is 5.32 Å². The van der Waals surface area contributed by atoms with E-state index in [1.807, 2.05) is 0 Å². The molecular formula is C12H18ClN3O3. The fourth-order valence-electron chi connectivity index (χ4n) is 1.43. The normalized spacial score (nSPS) is 10.5. The van der Waals surface area contributed by atoms with Crippen LogP contribution in [0.25, 0.3) is 0 Å². The molecule has 0 radical (unpaired) electrons. The molecule has 0 saturated heterocycles. The van der Waals surface area contributed by atoms with E-state index in [0.717, 1.165) is 0 Å². The molecule has 0 bridgehead atoms. The Morgan fingerprint density at radius 1 is 1.42 bits per heavy atom. The van der Waals surface area contributed by atoms with Crippen molar-refractivity contribution >= 4 is 24.0 Å². The van der Waals surface area contributed by atoms with Gasteiger partial charge in [-0.3, -0.25) is 14.9 Å². The van der Waals surface area contributed by atoms with Gasteiger partial charge in [-0.25, -0.2) is 0 Å². The zero-order valence-electron chi connectivity index (χ0n) is 11.1. The van der Waals surface area contributed by atoms with Crippen LogP contribution in [0.15, 0.2) is 18.2 Å². The van der Waals surface area contributed by atoms with E-state index < -0.39 is 10.5 Å². The first-order valence-corrected chi connectivity index (χ1v) is 5.54. The Labute approximate surface area is 117 Å². The third-order valence-corrected chi connectivity index (χ3v) is 2.50. The van der Waals surface area contributed by atoms with Crippen LogP contribution >= 0.6 is 12.4 Å². The summed E-state index contributed by atoms with van der Waals surface area (Å²) in [5.41, 5.74) is 5.81. The fraction of sp³-hybridized carbons (Fsp3) is 0.417. The standard InChI is InChI=1S/C12H17N3O3.ClH/c1-8-4-9(6-10(5-8)15(17)18)11(16)14-12(2,3)7-13;/h4-6H,7,13H2,1-3H3,(H,14,16);1H. The first-order chi connectivity index (χ1) is 8.25. The highest BCUT2D eigenvalue weighted by molar-refractivity contribution is 5.95. The average molecular weight is 288 g/mol. The molecule has 0 heterocycles. The summed E-state index contributed by atoms with van der Waals surface area (Å²) >= 11 is 0. The first-order valence-electron chi connectivity index (χ1n) is 5.54. The number of amides is 1. The van der Waals surface area contributed by atoms with Gasteiger partial charge in [0.15, 0.2) is 0 Å². The molecule has 1 aromatic rings. The lowest BCUT2D eigenvalue weighted by molar-refractivity contribution is -0.384. The van der Waals surface area contributed by atoms with E-state index in [-0.39, 0.29) is 36.1 Å². The van der Waals surface area contributed by atoms with E-state index in [4.69, 9.17) is 5.73 Å². The van der Waals surface area contributed by atoms with Crippen LogP contribution in [0, 0.1) is 17.0 Å². The summed E-state index contributed by atoms with van der Waals surface area (Å²) in [6.07, 6.45) is 0. The van der Waals surface area contributed by atoms with E-state index in [9.17, 15) is 14.9 Å². The van der Waals surface area contributed by atoms with Gasteiger partial charge in [0.05, 0.1) is 4.92 Å². The second kappa shape index (κ2) is 6.49. The summed E-state index contributed by atoms with van der Waals surface area (Å²) in [7, 11) is 0. The number of nitro groups is 1. The van der Waals surface area contributed by atoms with Gasteiger partial charge in [0.25, 0.3) is 11.6 Å². The Balaban J connectivity index is 0.00000324. The Hall–Kier alpha value is -1.66. The van der Waals surface area contributed by atoms with Gasteiger partial charge in [0.1, 0.15) is 0 Å². The van der Waals surface area contributed by atoms with Crippen LogP contribution in [-0.2, 0) is 0 Å². The molecule has 0 aromatic heterocycles. The van der Waals surface area contributed by atoms with Crippen LogP contribution in [-0.4, -0.2) is 22.9 Å². The monoisotopic (exact) mass is 287 g/mol. The number of halogens is 1. The molecule has 6 nitrogen and oxygen atoms in total. The molecule has 19 heavy (non-hydrogen) atoms. The minimum Gasteiger partial charge on any atom is -0.346 e. The van der Waals surface area contributed by atoms with Crippen LogP contribution in [0.2, 0.25) is 0 Å². The van der Waals surface area contributed by atoms with Crippen LogP contribution < -0.4 is 11.1 Å². The SMILES string of the molecule is Cc1cc(C(=O)NC(C)(C)CN)cc([N+](=O)[O-])c1.Cl. The van der Waals surface area contributed by atoms with Gasteiger partial charge in [-0.15, -0.1) is 12.4 Å². The molecule has 1 aromatic carbocycles. The van der Waals surface area contributed by atoms with E-state index in [2.05, 4.69) is 5.32 Å². The topological polar surface area (TPSA) is 98.3 Å². The molecule has 0 spiro atoms. The Bertz CT molecular complexity index is 489. The number of carbonyl (C=O) groups excluding carboxylic acids is 1. The molecule has 106 valence electrons. The van der Waals surface area contributed by atoms with E-state index in [0.29, 0.717) is 5.56 Å². The molecule has 1 amide bonds. The summed E-state index contributed by atoms with van der Waals surface area (Å²) in [4.78, 5) is 22.2. The Kier molecular flexibility index (Phi) is 5.92. The van der Waals surface area contributed by atoms with Crippen LogP contribution in [0.3, 0.4) is 0 Å². The van der Waals surface area contributed by atoms with Gasteiger partial charge < -0.3 is 11.1 Å². The van der Waals surface area contributed by atoms with Crippen molar-refractivity contribution in [1.29, 1.82) is 0 Å². The van der Waals surface area contributed by atoms with Crippen molar-refractivity contribution in [2.75, 3.05) is 6.54 Å². The molecule has 7 heteroatoms. The average Bonchev–Trinajstić information content (AvgIpc) is 2.27. The van der Waals surface area contributed by atoms with Gasteiger partial charge in [0.2, 0.25) is 0 Å². The van der Waals surface area contributed by atoms with Gasteiger partial charge in [-0.2, -0.15) is 0 Å². The molecule has 0 unspecified atom stereocenters. The molecule has 3 N–H and O–H groups in total. The molecule has 0 aliphatic carbocycles. The number of rotatable bonds is 4. The van der Waals surface area contributed by atoms with E-state index in [1.54, 1.807) is 26.8 Å². The molecule has 0 atom stereocenters. The number of hydrogen-bond acceptors (Lipinski definition) is 4. The van der Waals surface area contributed by atoms with E-state index in [1.165, 1.54) is 12.1 Å². The number of non-ortho nitro benzene ring substituents is 1. The molecule has 0 aliphatic rings. The highest BCUT2D eigenvalue weighted by Crippen LogP contribution is 2.17. The largest absolute Gasteiger partial charge is 0.346 e. The van der Waals surface area contributed by atoms with Crippen molar-refractivity contribution < 1.29 is 9.72 Å². The second-order valence-corrected chi connectivity index (χ2v) is 4.86. The number of benzene rings is 1. The summed E-state index contributed by atoms with van der Waals surface area (Å²) in [6.45, 7) is 5.56. The van der Waals surface area contributed by atoms with Crippen molar-refractivity contribution in [3.05, 3.63) is 39.4 Å². The number of nitro benzene ring substituents is 1. The van der Waals surface area contributed by atoms with Gasteiger partial charge in [-0.05, 0) is 32.4 Å². The maximum absolute atomic E-state index is 12.0. The quantitative estimate of drug-likeness (QED) is 0.651. The minimum atomic E-state index is -0.546. The lowest BCUT2D eigenvalue weighted by Gasteiger charge is -2.24. The molecule has 1 rings (SSSR count). The van der Waals surface area contributed by atoms with Crippen molar-refractivity contribution in [2.45, 2.75) is 26.3 Å². The third kappa shape index (κ3) is 4.84. The lowest BCUT2D eigenvalue weighted by atomic mass is 10.0. The second-order valence-electron chi connectivity index (χ2n) is 4.86. The van der Waals surface area contributed by atoms with Crippen molar-refractivity contribution in [3.63, 3.8) is 0 Å². The van der Waals surface area contributed by atoms with Crippen LogP contribution in [0.5, 0.6) is 0 Å². The summed E-state index contributed by atoms with van der Waals surface area (Å²) in [6, 6.07) is 4.29. The Morgan fingerprint density at radius 2 is 2.00 bits per heavy atom. The number of nitrogens with zero attached hydrogens (tertiary/aromatic N) is 1. The molecule has 0 aliphatic heterocycles. The number of hydrogen-bond donors (Lipinski definition) is 2. The third-order valence-electron chi connectivity index (χ3n) is 2.50. The fourth-order valence-corrected chi connectivity index (χ4v) is 1.43.